The molecule has 0 spiro atoms. The van der Waals surface area contributed by atoms with E-state index >= 15 is 0 Å². The topological polar surface area (TPSA) is 65.8 Å². The summed E-state index contributed by atoms with van der Waals surface area (Å²) in [6, 6.07) is 21.6. The van der Waals surface area contributed by atoms with Gasteiger partial charge in [-0.05, 0) is 60.5 Å². The summed E-state index contributed by atoms with van der Waals surface area (Å²) in [6.45, 7) is 5.41. The van der Waals surface area contributed by atoms with Crippen LogP contribution in [-0.2, 0) is 17.8 Å². The fourth-order valence-electron chi connectivity index (χ4n) is 4.90. The van der Waals surface area contributed by atoms with Gasteiger partial charge in [-0.1, -0.05) is 24.3 Å². The van der Waals surface area contributed by atoms with Crippen molar-refractivity contribution < 1.29 is 19.0 Å². The molecule has 0 radical (unpaired) electrons. The molecule has 1 aliphatic heterocycles. The molecule has 0 bridgehead atoms. The first-order chi connectivity index (χ1) is 18.1. The lowest BCUT2D eigenvalue weighted by Crippen LogP contribution is -2.24. The molecule has 3 aromatic carbocycles. The second-order valence-corrected chi connectivity index (χ2v) is 9.04. The largest absolute Gasteiger partial charge is 0.497 e. The molecule has 1 aliphatic rings. The van der Waals surface area contributed by atoms with Gasteiger partial charge in [0.15, 0.2) is 11.5 Å². The van der Waals surface area contributed by atoms with Crippen molar-refractivity contribution in [2.24, 2.45) is 0 Å². The minimum Gasteiger partial charge on any atom is -0.497 e. The number of carbonyl (C=O) groups excluding carboxylic acids is 1. The molecular weight excluding hydrogens is 466 g/mol. The zero-order valence-corrected chi connectivity index (χ0v) is 21.2. The number of anilines is 1. The Morgan fingerprint density at radius 2 is 1.84 bits per heavy atom. The third kappa shape index (κ3) is 5.03. The van der Waals surface area contributed by atoms with E-state index < -0.39 is 0 Å². The van der Waals surface area contributed by atoms with Crippen molar-refractivity contribution in [3.8, 4) is 17.2 Å². The quantitative estimate of drug-likeness (QED) is 0.275. The number of ether oxygens (including phenoxy) is 3. The van der Waals surface area contributed by atoms with Gasteiger partial charge in [-0.25, -0.2) is 4.98 Å². The Morgan fingerprint density at radius 3 is 2.59 bits per heavy atom. The number of methoxy groups -OCH3 is 2. The van der Waals surface area contributed by atoms with Crippen LogP contribution >= 0.6 is 0 Å². The van der Waals surface area contributed by atoms with E-state index in [0.717, 1.165) is 40.3 Å². The molecule has 7 heteroatoms. The molecule has 0 N–H and O–H groups in total. The van der Waals surface area contributed by atoms with Crippen LogP contribution in [-0.4, -0.2) is 42.8 Å². The van der Waals surface area contributed by atoms with E-state index in [9.17, 15) is 4.79 Å². The van der Waals surface area contributed by atoms with Crippen LogP contribution in [0.2, 0.25) is 0 Å². The lowest BCUT2D eigenvalue weighted by atomic mass is 10.1. The van der Waals surface area contributed by atoms with Gasteiger partial charge in [0.1, 0.15) is 18.2 Å². The minimum absolute atomic E-state index is 0.0188. The number of hydrogen-bond donors (Lipinski definition) is 0. The van der Waals surface area contributed by atoms with Crippen molar-refractivity contribution in [3.05, 3.63) is 90.8 Å². The summed E-state index contributed by atoms with van der Waals surface area (Å²) in [6.07, 6.45) is 3.05. The average Bonchev–Trinajstić information content (AvgIpc) is 3.50. The maximum absolute atomic E-state index is 13.0. The molecule has 1 fully saturated rings. The third-order valence-electron chi connectivity index (χ3n) is 6.74. The van der Waals surface area contributed by atoms with Gasteiger partial charge in [-0.2, -0.15) is 0 Å². The molecule has 0 saturated carbocycles. The first-order valence-corrected chi connectivity index (χ1v) is 12.4. The summed E-state index contributed by atoms with van der Waals surface area (Å²) in [7, 11) is 3.28. The molecule has 1 atom stereocenters. The molecule has 4 aromatic rings. The number of fused-ring (bicyclic) bond motifs is 1. The van der Waals surface area contributed by atoms with Gasteiger partial charge in [-0.15, -0.1) is 6.58 Å². The molecule has 0 aliphatic carbocycles. The van der Waals surface area contributed by atoms with Crippen molar-refractivity contribution >= 4 is 22.6 Å². The molecule has 1 saturated heterocycles. The van der Waals surface area contributed by atoms with Crippen molar-refractivity contribution in [1.29, 1.82) is 0 Å². The highest BCUT2D eigenvalue weighted by atomic mass is 16.5. The molecular formula is C30H31N3O4. The van der Waals surface area contributed by atoms with E-state index in [2.05, 4.69) is 17.2 Å². The normalized spacial score (nSPS) is 15.2. The first kappa shape index (κ1) is 24.4. The van der Waals surface area contributed by atoms with E-state index in [1.54, 1.807) is 14.2 Å². The zero-order chi connectivity index (χ0) is 25.8. The molecule has 1 amide bonds. The predicted octanol–water partition coefficient (Wildman–Crippen LogP) is 5.38. The van der Waals surface area contributed by atoms with Gasteiger partial charge >= 0.3 is 0 Å². The lowest BCUT2D eigenvalue weighted by molar-refractivity contribution is -0.117. The second-order valence-electron chi connectivity index (χ2n) is 9.04. The first-order valence-electron chi connectivity index (χ1n) is 12.4. The second kappa shape index (κ2) is 10.8. The Labute approximate surface area is 216 Å². The monoisotopic (exact) mass is 497 g/mol. The SMILES string of the molecule is C=CCc1ccc(OCCn2c([C@@H]3CC(=O)N(c4ccc(OC)cc4)C3)nc3ccccc32)c(OC)c1. The Morgan fingerprint density at radius 1 is 1.03 bits per heavy atom. The maximum atomic E-state index is 13.0. The van der Waals surface area contributed by atoms with Crippen molar-refractivity contribution in [3.63, 3.8) is 0 Å². The van der Waals surface area contributed by atoms with Crippen molar-refractivity contribution in [2.45, 2.75) is 25.3 Å². The van der Waals surface area contributed by atoms with Crippen molar-refractivity contribution in [1.82, 2.24) is 9.55 Å². The number of amides is 1. The summed E-state index contributed by atoms with van der Waals surface area (Å²) in [4.78, 5) is 19.8. The number of rotatable bonds is 10. The van der Waals surface area contributed by atoms with Crippen LogP contribution in [0.15, 0.2) is 79.4 Å². The molecule has 7 nitrogen and oxygen atoms in total. The zero-order valence-electron chi connectivity index (χ0n) is 21.2. The number of imidazole rings is 1. The minimum atomic E-state index is -0.0188. The number of nitrogens with zero attached hydrogens (tertiary/aromatic N) is 3. The third-order valence-corrected chi connectivity index (χ3v) is 6.74. The molecule has 190 valence electrons. The molecule has 0 unspecified atom stereocenters. The van der Waals surface area contributed by atoms with Crippen LogP contribution < -0.4 is 19.1 Å². The Balaban J connectivity index is 1.36. The summed E-state index contributed by atoms with van der Waals surface area (Å²) in [5.74, 6) is 3.14. The summed E-state index contributed by atoms with van der Waals surface area (Å²) >= 11 is 0. The van der Waals surface area contributed by atoms with Crippen LogP contribution in [0.1, 0.15) is 23.7 Å². The molecule has 1 aromatic heterocycles. The van der Waals surface area contributed by atoms with Crippen LogP contribution in [0.3, 0.4) is 0 Å². The number of aromatic nitrogens is 2. The number of allylic oxidation sites excluding steroid dienone is 1. The standard InChI is InChI=1S/C30H31N3O4/c1-4-7-21-10-15-27(28(18-21)36-3)37-17-16-32-26-9-6-5-8-25(26)31-30(32)22-19-29(34)33(20-22)23-11-13-24(35-2)14-12-23/h4-6,8-15,18,22H,1,7,16-17,19-20H2,2-3H3/t22-/m1/s1. The van der Waals surface area contributed by atoms with E-state index in [-0.39, 0.29) is 11.8 Å². The summed E-state index contributed by atoms with van der Waals surface area (Å²) in [5, 5.41) is 0. The van der Waals surface area contributed by atoms with Gasteiger partial charge in [0.2, 0.25) is 5.91 Å². The smallest absolute Gasteiger partial charge is 0.227 e. The van der Waals surface area contributed by atoms with E-state index in [0.29, 0.717) is 37.6 Å². The van der Waals surface area contributed by atoms with E-state index in [1.807, 2.05) is 71.6 Å². The highest BCUT2D eigenvalue weighted by molar-refractivity contribution is 5.96. The highest BCUT2D eigenvalue weighted by Crippen LogP contribution is 2.34. The Bertz CT molecular complexity index is 1410. The van der Waals surface area contributed by atoms with Gasteiger partial charge in [0.25, 0.3) is 0 Å². The van der Waals surface area contributed by atoms with Crippen LogP contribution in [0.5, 0.6) is 17.2 Å². The van der Waals surface area contributed by atoms with Crippen molar-refractivity contribution in [2.75, 3.05) is 32.3 Å². The van der Waals surface area contributed by atoms with Gasteiger partial charge < -0.3 is 23.7 Å². The fraction of sp³-hybridized carbons (Fsp3) is 0.267. The average molecular weight is 498 g/mol. The van der Waals surface area contributed by atoms with Gasteiger partial charge in [0.05, 0.1) is 31.8 Å². The number of benzene rings is 3. The Hall–Kier alpha value is -4.26. The highest BCUT2D eigenvalue weighted by Gasteiger charge is 2.34. The molecule has 5 rings (SSSR count). The fourth-order valence-corrected chi connectivity index (χ4v) is 4.90. The summed E-state index contributed by atoms with van der Waals surface area (Å²) in [5.41, 5.74) is 3.93. The Kier molecular flexibility index (Phi) is 7.12. The van der Waals surface area contributed by atoms with E-state index in [4.69, 9.17) is 19.2 Å². The summed E-state index contributed by atoms with van der Waals surface area (Å²) < 4.78 is 19.1. The predicted molar refractivity (Wildman–Crippen MR) is 145 cm³/mol. The van der Waals surface area contributed by atoms with Crippen LogP contribution in [0.4, 0.5) is 5.69 Å². The van der Waals surface area contributed by atoms with Crippen LogP contribution in [0.25, 0.3) is 11.0 Å². The molecule has 37 heavy (non-hydrogen) atoms. The number of carbonyl (C=O) groups is 1. The van der Waals surface area contributed by atoms with E-state index in [1.165, 1.54) is 0 Å². The van der Waals surface area contributed by atoms with Crippen LogP contribution in [0, 0.1) is 0 Å². The number of hydrogen-bond acceptors (Lipinski definition) is 5. The maximum Gasteiger partial charge on any atom is 0.227 e. The number of para-hydroxylation sites is 2. The molecule has 2 heterocycles. The van der Waals surface area contributed by atoms with Gasteiger partial charge in [-0.3, -0.25) is 4.79 Å². The lowest BCUT2D eigenvalue weighted by Gasteiger charge is -2.18. The van der Waals surface area contributed by atoms with Gasteiger partial charge in [0, 0.05) is 24.6 Å².